The van der Waals surface area contributed by atoms with Crippen molar-refractivity contribution in [3.05, 3.63) is 35.7 Å². The first kappa shape index (κ1) is 13.9. The van der Waals surface area contributed by atoms with E-state index in [9.17, 15) is 13.2 Å². The molecular weight excluding hydrogens is 271 g/mol. The lowest BCUT2D eigenvalue weighted by Gasteiger charge is -2.06. The largest absolute Gasteiger partial charge is 0.495 e. The van der Waals surface area contributed by atoms with E-state index in [1.54, 1.807) is 0 Å². The Balaban J connectivity index is 2.53. The summed E-state index contributed by atoms with van der Waals surface area (Å²) in [5.74, 6) is 0.446. The van der Waals surface area contributed by atoms with Crippen LogP contribution in [0.5, 0.6) is 5.75 Å². The summed E-state index contributed by atoms with van der Waals surface area (Å²) in [4.78, 5) is 3.58. The Morgan fingerprint density at radius 3 is 2.55 bits per heavy atom. The molecule has 0 aliphatic rings. The molecule has 0 aliphatic carbocycles. The van der Waals surface area contributed by atoms with E-state index in [1.165, 1.54) is 36.9 Å². The maximum absolute atomic E-state index is 12.6. The molecule has 0 radical (unpaired) electrons. The third-order valence-electron chi connectivity index (χ3n) is 2.75. The molecule has 0 N–H and O–H groups in total. The highest BCUT2D eigenvalue weighted by atomic mass is 19.4. The zero-order valence-electron chi connectivity index (χ0n) is 10.7. The fourth-order valence-corrected chi connectivity index (χ4v) is 1.79. The van der Waals surface area contributed by atoms with Gasteiger partial charge >= 0.3 is 6.18 Å². The molecule has 1 aromatic carbocycles. The zero-order chi connectivity index (χ0) is 14.9. The van der Waals surface area contributed by atoms with E-state index in [0.717, 1.165) is 6.20 Å². The summed E-state index contributed by atoms with van der Waals surface area (Å²) >= 11 is 0. The van der Waals surface area contributed by atoms with Crippen LogP contribution >= 0.6 is 0 Å². The maximum Gasteiger partial charge on any atom is 0.434 e. The summed E-state index contributed by atoms with van der Waals surface area (Å²) in [6, 6.07) is 6.44. The standard InChI is InChI=1S/C13H10F3N3O/c1-19-7-11(13(14,15)16)18-12(19)8-3-4-9(6-17)10(5-8)20-2/h3-5,7H,1-2H3. The van der Waals surface area contributed by atoms with Crippen LogP contribution in [0.2, 0.25) is 0 Å². The topological polar surface area (TPSA) is 50.8 Å². The number of hydrogen-bond donors (Lipinski definition) is 0. The van der Waals surface area contributed by atoms with Gasteiger partial charge in [0, 0.05) is 18.8 Å². The lowest BCUT2D eigenvalue weighted by atomic mass is 10.1. The zero-order valence-corrected chi connectivity index (χ0v) is 10.7. The molecule has 2 aromatic rings. The predicted molar refractivity (Wildman–Crippen MR) is 64.9 cm³/mol. The summed E-state index contributed by atoms with van der Waals surface area (Å²) in [7, 11) is 2.86. The van der Waals surface area contributed by atoms with Gasteiger partial charge in [0.25, 0.3) is 0 Å². The first-order valence-corrected chi connectivity index (χ1v) is 5.56. The molecule has 4 nitrogen and oxygen atoms in total. The highest BCUT2D eigenvalue weighted by Crippen LogP contribution is 2.32. The number of aromatic nitrogens is 2. The summed E-state index contributed by atoms with van der Waals surface area (Å²) < 4.78 is 44.2. The van der Waals surface area contributed by atoms with Gasteiger partial charge in [-0.1, -0.05) is 0 Å². The van der Waals surface area contributed by atoms with Crippen molar-refractivity contribution < 1.29 is 17.9 Å². The van der Waals surface area contributed by atoms with Crippen LogP contribution in [0.4, 0.5) is 13.2 Å². The van der Waals surface area contributed by atoms with Gasteiger partial charge in [-0.15, -0.1) is 0 Å². The Hall–Kier alpha value is -2.49. The van der Waals surface area contributed by atoms with Gasteiger partial charge in [0.2, 0.25) is 0 Å². The Morgan fingerprint density at radius 1 is 1.35 bits per heavy atom. The van der Waals surface area contributed by atoms with Gasteiger partial charge in [-0.05, 0) is 18.2 Å². The third kappa shape index (κ3) is 2.45. The molecule has 7 heteroatoms. The lowest BCUT2D eigenvalue weighted by molar-refractivity contribution is -0.140. The second kappa shape index (κ2) is 4.89. The van der Waals surface area contributed by atoms with Gasteiger partial charge in [-0.3, -0.25) is 0 Å². The summed E-state index contributed by atoms with van der Waals surface area (Å²) in [6.07, 6.45) is -3.58. The number of halogens is 3. The van der Waals surface area contributed by atoms with Crippen LogP contribution < -0.4 is 4.74 Å². The molecule has 0 unspecified atom stereocenters. The quantitative estimate of drug-likeness (QED) is 0.850. The van der Waals surface area contributed by atoms with E-state index in [-0.39, 0.29) is 5.82 Å². The highest BCUT2D eigenvalue weighted by molar-refractivity contribution is 5.62. The molecule has 1 aromatic heterocycles. The molecule has 0 saturated heterocycles. The van der Waals surface area contributed by atoms with Crippen molar-refractivity contribution in [3.63, 3.8) is 0 Å². The van der Waals surface area contributed by atoms with Crippen LogP contribution in [-0.2, 0) is 13.2 Å². The number of rotatable bonds is 2. The number of benzene rings is 1. The van der Waals surface area contributed by atoms with Crippen LogP contribution in [0.25, 0.3) is 11.4 Å². The first-order chi connectivity index (χ1) is 9.36. The van der Waals surface area contributed by atoms with E-state index in [0.29, 0.717) is 16.9 Å². The lowest BCUT2D eigenvalue weighted by Crippen LogP contribution is -2.04. The van der Waals surface area contributed by atoms with Crippen molar-refractivity contribution >= 4 is 0 Å². The van der Waals surface area contributed by atoms with Crippen molar-refractivity contribution in [2.24, 2.45) is 7.05 Å². The Kier molecular flexibility index (Phi) is 3.40. The van der Waals surface area contributed by atoms with Crippen LogP contribution in [0.3, 0.4) is 0 Å². The fourth-order valence-electron chi connectivity index (χ4n) is 1.79. The molecule has 0 spiro atoms. The minimum atomic E-state index is -4.49. The molecule has 1 heterocycles. The molecule has 0 aliphatic heterocycles. The highest BCUT2D eigenvalue weighted by Gasteiger charge is 2.34. The molecular formula is C13H10F3N3O. The minimum Gasteiger partial charge on any atom is -0.495 e. The SMILES string of the molecule is COc1cc(-c2nc(C(F)(F)F)cn2C)ccc1C#N. The van der Waals surface area contributed by atoms with E-state index >= 15 is 0 Å². The summed E-state index contributed by atoms with van der Waals surface area (Å²) in [6.45, 7) is 0. The van der Waals surface area contributed by atoms with E-state index in [4.69, 9.17) is 10.00 Å². The number of ether oxygens (including phenoxy) is 1. The monoisotopic (exact) mass is 281 g/mol. The first-order valence-electron chi connectivity index (χ1n) is 5.56. The average molecular weight is 281 g/mol. The van der Waals surface area contributed by atoms with Crippen molar-refractivity contribution in [2.75, 3.05) is 7.11 Å². The second-order valence-corrected chi connectivity index (χ2v) is 4.09. The van der Waals surface area contributed by atoms with Gasteiger partial charge in [0.1, 0.15) is 17.6 Å². The fraction of sp³-hybridized carbons (Fsp3) is 0.231. The molecule has 0 atom stereocenters. The van der Waals surface area contributed by atoms with Crippen molar-refractivity contribution in [2.45, 2.75) is 6.18 Å². The molecule has 2 rings (SSSR count). The molecule has 0 saturated carbocycles. The number of imidazole rings is 1. The molecule has 0 amide bonds. The minimum absolute atomic E-state index is 0.153. The van der Waals surface area contributed by atoms with E-state index < -0.39 is 11.9 Å². The number of nitriles is 1. The number of hydrogen-bond acceptors (Lipinski definition) is 3. The number of alkyl halides is 3. The molecule has 0 fully saturated rings. The number of methoxy groups -OCH3 is 1. The second-order valence-electron chi connectivity index (χ2n) is 4.09. The number of aryl methyl sites for hydroxylation is 1. The van der Waals surface area contributed by atoms with Gasteiger partial charge in [-0.2, -0.15) is 18.4 Å². The van der Waals surface area contributed by atoms with Crippen molar-refractivity contribution in [1.82, 2.24) is 9.55 Å². The molecule has 0 bridgehead atoms. The maximum atomic E-state index is 12.6. The Labute approximate surface area is 113 Å². The average Bonchev–Trinajstić information content (AvgIpc) is 2.80. The summed E-state index contributed by atoms with van der Waals surface area (Å²) in [5, 5.41) is 8.88. The summed E-state index contributed by atoms with van der Waals surface area (Å²) in [5.41, 5.74) is -0.210. The smallest absolute Gasteiger partial charge is 0.434 e. The van der Waals surface area contributed by atoms with Gasteiger partial charge in [0.15, 0.2) is 5.69 Å². The van der Waals surface area contributed by atoms with E-state index in [1.807, 2.05) is 6.07 Å². The van der Waals surface area contributed by atoms with Crippen LogP contribution in [0.15, 0.2) is 24.4 Å². The normalized spacial score (nSPS) is 11.2. The third-order valence-corrected chi connectivity index (χ3v) is 2.75. The van der Waals surface area contributed by atoms with Crippen LogP contribution in [0.1, 0.15) is 11.3 Å². The van der Waals surface area contributed by atoms with Crippen molar-refractivity contribution in [3.8, 4) is 23.2 Å². The Morgan fingerprint density at radius 2 is 2.05 bits per heavy atom. The van der Waals surface area contributed by atoms with Crippen LogP contribution in [0, 0.1) is 11.3 Å². The van der Waals surface area contributed by atoms with Gasteiger partial charge < -0.3 is 9.30 Å². The Bertz CT molecular complexity index is 683. The van der Waals surface area contributed by atoms with E-state index in [2.05, 4.69) is 4.98 Å². The van der Waals surface area contributed by atoms with Crippen LogP contribution in [-0.4, -0.2) is 16.7 Å². The predicted octanol–water partition coefficient (Wildman–Crippen LogP) is 2.99. The van der Waals surface area contributed by atoms with Gasteiger partial charge in [-0.25, -0.2) is 4.98 Å². The molecule has 104 valence electrons. The van der Waals surface area contributed by atoms with Crippen molar-refractivity contribution in [1.29, 1.82) is 5.26 Å². The number of nitrogens with zero attached hydrogens (tertiary/aromatic N) is 3. The van der Waals surface area contributed by atoms with Gasteiger partial charge in [0.05, 0.1) is 12.7 Å². The molecule has 20 heavy (non-hydrogen) atoms.